The zero-order valence-electron chi connectivity index (χ0n) is 12.4. The van der Waals surface area contributed by atoms with Gasteiger partial charge in [-0.15, -0.1) is 0 Å². The van der Waals surface area contributed by atoms with Gasteiger partial charge in [0.2, 0.25) is 0 Å². The lowest BCUT2D eigenvalue weighted by Gasteiger charge is -2.17. The number of carbonyl (C=O) groups is 1. The molecule has 6 heteroatoms. The number of anilines is 3. The van der Waals surface area contributed by atoms with Crippen molar-refractivity contribution in [3.8, 4) is 0 Å². The first-order valence-electron chi connectivity index (χ1n) is 6.75. The van der Waals surface area contributed by atoms with Crippen molar-refractivity contribution < 1.29 is 4.79 Å². The fourth-order valence-electron chi connectivity index (χ4n) is 1.87. The van der Waals surface area contributed by atoms with Crippen LogP contribution in [0.5, 0.6) is 0 Å². The predicted octanol–water partition coefficient (Wildman–Crippen LogP) is 2.23. The van der Waals surface area contributed by atoms with Crippen LogP contribution < -0.4 is 15.5 Å². The number of amides is 1. The van der Waals surface area contributed by atoms with E-state index in [1.165, 1.54) is 6.20 Å². The Bertz CT molecular complexity index is 610. The molecule has 1 amide bonds. The highest BCUT2D eigenvalue weighted by Gasteiger charge is 2.11. The van der Waals surface area contributed by atoms with Crippen LogP contribution in [-0.4, -0.2) is 36.5 Å². The van der Waals surface area contributed by atoms with Crippen molar-refractivity contribution in [3.63, 3.8) is 0 Å². The number of hydrogen-bond acceptors (Lipinski definition) is 5. The second kappa shape index (κ2) is 6.69. The third-order valence-electron chi connectivity index (χ3n) is 2.88. The Labute approximate surface area is 124 Å². The summed E-state index contributed by atoms with van der Waals surface area (Å²) in [5.74, 6) is 0.377. The maximum atomic E-state index is 12.2. The van der Waals surface area contributed by atoms with Crippen molar-refractivity contribution >= 4 is 23.1 Å². The summed E-state index contributed by atoms with van der Waals surface area (Å²) in [4.78, 5) is 22.4. The molecule has 2 N–H and O–H groups in total. The van der Waals surface area contributed by atoms with Crippen LogP contribution in [0.3, 0.4) is 0 Å². The van der Waals surface area contributed by atoms with Gasteiger partial charge >= 0.3 is 0 Å². The van der Waals surface area contributed by atoms with Gasteiger partial charge in [-0.1, -0.05) is 12.1 Å². The minimum Gasteiger partial charge on any atom is -0.376 e. The van der Waals surface area contributed by atoms with Gasteiger partial charge in [0.15, 0.2) is 0 Å². The van der Waals surface area contributed by atoms with Crippen LogP contribution in [0.2, 0.25) is 0 Å². The largest absolute Gasteiger partial charge is 0.376 e. The molecule has 110 valence electrons. The molecule has 0 spiro atoms. The van der Waals surface area contributed by atoms with Gasteiger partial charge in [-0.05, 0) is 19.1 Å². The van der Waals surface area contributed by atoms with Gasteiger partial charge in [0.1, 0.15) is 11.5 Å². The van der Waals surface area contributed by atoms with Crippen molar-refractivity contribution in [2.24, 2.45) is 0 Å². The van der Waals surface area contributed by atoms with E-state index < -0.39 is 0 Å². The number of nitrogens with one attached hydrogen (secondary N) is 2. The highest BCUT2D eigenvalue weighted by Crippen LogP contribution is 2.23. The van der Waals surface area contributed by atoms with E-state index in [9.17, 15) is 4.79 Å². The minimum absolute atomic E-state index is 0.278. The predicted molar refractivity (Wildman–Crippen MR) is 84.9 cm³/mol. The molecule has 21 heavy (non-hydrogen) atoms. The first-order valence-corrected chi connectivity index (χ1v) is 6.75. The Morgan fingerprint density at radius 3 is 2.57 bits per heavy atom. The fraction of sp³-hybridized carbons (Fsp3) is 0.267. The Morgan fingerprint density at radius 2 is 1.95 bits per heavy atom. The summed E-state index contributed by atoms with van der Waals surface area (Å²) in [7, 11) is 3.85. The second-order valence-electron chi connectivity index (χ2n) is 4.68. The average Bonchev–Trinajstić information content (AvgIpc) is 2.48. The van der Waals surface area contributed by atoms with Gasteiger partial charge in [0, 0.05) is 20.6 Å². The molecule has 6 nitrogen and oxygen atoms in total. The van der Waals surface area contributed by atoms with Crippen molar-refractivity contribution in [3.05, 3.63) is 42.4 Å². The molecule has 0 saturated heterocycles. The van der Waals surface area contributed by atoms with Gasteiger partial charge in [-0.25, -0.2) is 9.97 Å². The fourth-order valence-corrected chi connectivity index (χ4v) is 1.87. The number of aromatic nitrogens is 2. The lowest BCUT2D eigenvalue weighted by molar-refractivity contribution is 0.102. The van der Waals surface area contributed by atoms with Gasteiger partial charge in [-0.3, -0.25) is 4.79 Å². The van der Waals surface area contributed by atoms with Crippen LogP contribution in [0.4, 0.5) is 17.2 Å². The SMILES string of the molecule is CCNc1cnc(C(=O)Nc2ccccc2N(C)C)cn1. The first-order chi connectivity index (χ1) is 10.1. The summed E-state index contributed by atoms with van der Waals surface area (Å²) < 4.78 is 0. The number of para-hydroxylation sites is 2. The summed E-state index contributed by atoms with van der Waals surface area (Å²) in [5.41, 5.74) is 1.96. The molecule has 0 aliphatic rings. The second-order valence-corrected chi connectivity index (χ2v) is 4.68. The maximum Gasteiger partial charge on any atom is 0.275 e. The molecule has 2 aromatic rings. The molecule has 0 saturated carbocycles. The molecule has 0 aliphatic heterocycles. The topological polar surface area (TPSA) is 70.2 Å². The standard InChI is InChI=1S/C15H19N5O/c1-4-16-14-10-17-12(9-18-14)15(21)19-11-7-5-6-8-13(11)20(2)3/h5-10H,4H2,1-3H3,(H,16,18)(H,19,21). The summed E-state index contributed by atoms with van der Waals surface area (Å²) in [6, 6.07) is 7.60. The Balaban J connectivity index is 2.14. The molecule has 0 bridgehead atoms. The Morgan fingerprint density at radius 1 is 1.19 bits per heavy atom. The third-order valence-corrected chi connectivity index (χ3v) is 2.88. The van der Waals surface area contributed by atoms with E-state index in [2.05, 4.69) is 20.6 Å². The van der Waals surface area contributed by atoms with Crippen LogP contribution in [-0.2, 0) is 0 Å². The van der Waals surface area contributed by atoms with Crippen molar-refractivity contribution in [1.29, 1.82) is 0 Å². The van der Waals surface area contributed by atoms with E-state index in [-0.39, 0.29) is 11.6 Å². The monoisotopic (exact) mass is 285 g/mol. The molecule has 1 heterocycles. The van der Waals surface area contributed by atoms with E-state index in [0.29, 0.717) is 5.82 Å². The number of rotatable bonds is 5. The third kappa shape index (κ3) is 3.68. The molecular weight excluding hydrogens is 266 g/mol. The van der Waals surface area contributed by atoms with Gasteiger partial charge in [0.05, 0.1) is 23.8 Å². The lowest BCUT2D eigenvalue weighted by Crippen LogP contribution is -2.18. The zero-order valence-corrected chi connectivity index (χ0v) is 12.4. The van der Waals surface area contributed by atoms with E-state index in [1.807, 2.05) is 50.2 Å². The van der Waals surface area contributed by atoms with Gasteiger partial charge in [-0.2, -0.15) is 0 Å². The zero-order chi connectivity index (χ0) is 15.2. The molecule has 1 aromatic heterocycles. The number of hydrogen-bond donors (Lipinski definition) is 2. The Kier molecular flexibility index (Phi) is 4.71. The molecule has 2 rings (SSSR count). The van der Waals surface area contributed by atoms with Gasteiger partial charge in [0.25, 0.3) is 5.91 Å². The normalized spacial score (nSPS) is 10.0. The van der Waals surface area contributed by atoms with Crippen molar-refractivity contribution in [2.45, 2.75) is 6.92 Å². The van der Waals surface area contributed by atoms with E-state index in [0.717, 1.165) is 17.9 Å². The quantitative estimate of drug-likeness (QED) is 0.881. The van der Waals surface area contributed by atoms with E-state index in [4.69, 9.17) is 0 Å². The molecule has 0 aliphatic carbocycles. The van der Waals surface area contributed by atoms with E-state index >= 15 is 0 Å². The van der Waals surface area contributed by atoms with Crippen LogP contribution in [0.1, 0.15) is 17.4 Å². The van der Waals surface area contributed by atoms with Crippen LogP contribution in [0.15, 0.2) is 36.7 Å². The number of nitrogens with zero attached hydrogens (tertiary/aromatic N) is 3. The summed E-state index contributed by atoms with van der Waals surface area (Å²) in [5, 5.41) is 5.89. The molecule has 0 radical (unpaired) electrons. The van der Waals surface area contributed by atoms with Crippen LogP contribution in [0, 0.1) is 0 Å². The molecule has 0 unspecified atom stereocenters. The van der Waals surface area contributed by atoms with E-state index in [1.54, 1.807) is 6.20 Å². The van der Waals surface area contributed by atoms with Crippen molar-refractivity contribution in [2.75, 3.05) is 36.2 Å². The van der Waals surface area contributed by atoms with Gasteiger partial charge < -0.3 is 15.5 Å². The maximum absolute atomic E-state index is 12.2. The number of benzene rings is 1. The summed E-state index contributed by atoms with van der Waals surface area (Å²) in [6.45, 7) is 2.73. The summed E-state index contributed by atoms with van der Waals surface area (Å²) >= 11 is 0. The highest BCUT2D eigenvalue weighted by molar-refractivity contribution is 6.04. The van der Waals surface area contributed by atoms with Crippen LogP contribution in [0.25, 0.3) is 0 Å². The summed E-state index contributed by atoms with van der Waals surface area (Å²) in [6.07, 6.45) is 3.02. The molecular formula is C15H19N5O. The molecule has 1 aromatic carbocycles. The molecule has 0 atom stereocenters. The Hall–Kier alpha value is -2.63. The highest BCUT2D eigenvalue weighted by atomic mass is 16.1. The number of carbonyl (C=O) groups excluding carboxylic acids is 1. The van der Waals surface area contributed by atoms with Crippen molar-refractivity contribution in [1.82, 2.24) is 9.97 Å². The van der Waals surface area contributed by atoms with Crippen LogP contribution >= 0.6 is 0 Å². The smallest absolute Gasteiger partial charge is 0.275 e. The lowest BCUT2D eigenvalue weighted by atomic mass is 10.2. The minimum atomic E-state index is -0.278. The molecule has 0 fully saturated rings. The first kappa shape index (κ1) is 14.8. The average molecular weight is 285 g/mol.